The molecule has 1 saturated heterocycles. The lowest BCUT2D eigenvalue weighted by Crippen LogP contribution is -2.34. The van der Waals surface area contributed by atoms with Crippen LogP contribution in [0.5, 0.6) is 0 Å². The van der Waals surface area contributed by atoms with Crippen molar-refractivity contribution < 1.29 is 4.92 Å². The van der Waals surface area contributed by atoms with Crippen molar-refractivity contribution in [2.24, 2.45) is 5.92 Å². The number of nitrogens with zero attached hydrogens (tertiary/aromatic N) is 5. The van der Waals surface area contributed by atoms with E-state index in [2.05, 4.69) is 21.8 Å². The van der Waals surface area contributed by atoms with E-state index in [9.17, 15) is 10.1 Å². The molecule has 0 aliphatic carbocycles. The molecule has 0 spiro atoms. The van der Waals surface area contributed by atoms with Crippen molar-refractivity contribution in [3.8, 4) is 0 Å². The lowest BCUT2D eigenvalue weighted by Gasteiger charge is -2.22. The van der Waals surface area contributed by atoms with Crippen LogP contribution in [0.1, 0.15) is 12.6 Å². The molecule has 20 heavy (non-hydrogen) atoms. The van der Waals surface area contributed by atoms with E-state index in [1.54, 1.807) is 6.92 Å². The number of anilines is 1. The van der Waals surface area contributed by atoms with Gasteiger partial charge in [0, 0.05) is 19.1 Å². The van der Waals surface area contributed by atoms with Crippen molar-refractivity contribution in [1.82, 2.24) is 14.9 Å². The molecule has 1 aliphatic heterocycles. The van der Waals surface area contributed by atoms with Crippen LogP contribution < -0.4 is 4.90 Å². The smallest absolute Gasteiger partial charge is 0.332 e. The summed E-state index contributed by atoms with van der Waals surface area (Å²) in [4.78, 5) is 22.8. The molecule has 8 heteroatoms. The standard InChI is InChI=1S/C12H18ClN5O2/c1-7-5-17(6-9(7)16(3)4)11-10(18(19)20)8(2)14-12(13)15-11/h7,9H,5-6H2,1-4H3. The molecule has 0 radical (unpaired) electrons. The highest BCUT2D eigenvalue weighted by Crippen LogP contribution is 2.33. The molecular weight excluding hydrogens is 282 g/mol. The number of hydrogen-bond acceptors (Lipinski definition) is 6. The number of aromatic nitrogens is 2. The van der Waals surface area contributed by atoms with E-state index >= 15 is 0 Å². The Labute approximate surface area is 122 Å². The van der Waals surface area contributed by atoms with Gasteiger partial charge < -0.3 is 9.80 Å². The number of aryl methyl sites for hydroxylation is 1. The van der Waals surface area contributed by atoms with Gasteiger partial charge in [0.05, 0.1) is 4.92 Å². The van der Waals surface area contributed by atoms with Crippen molar-refractivity contribution in [3.05, 3.63) is 21.1 Å². The monoisotopic (exact) mass is 299 g/mol. The van der Waals surface area contributed by atoms with Gasteiger partial charge in [0.2, 0.25) is 11.1 Å². The summed E-state index contributed by atoms with van der Waals surface area (Å²) in [6.07, 6.45) is 0. The Kier molecular flexibility index (Phi) is 4.10. The van der Waals surface area contributed by atoms with Gasteiger partial charge in [-0.2, -0.15) is 4.98 Å². The number of nitro groups is 1. The van der Waals surface area contributed by atoms with Crippen LogP contribution in [0, 0.1) is 23.0 Å². The average Bonchev–Trinajstić information content (AvgIpc) is 2.69. The van der Waals surface area contributed by atoms with Crippen LogP contribution in [0.4, 0.5) is 11.5 Å². The molecule has 0 N–H and O–H groups in total. The minimum atomic E-state index is -0.436. The van der Waals surface area contributed by atoms with E-state index in [-0.39, 0.29) is 11.0 Å². The first kappa shape index (κ1) is 14.9. The first-order valence-electron chi connectivity index (χ1n) is 6.41. The van der Waals surface area contributed by atoms with Crippen LogP contribution in [0.25, 0.3) is 0 Å². The quantitative estimate of drug-likeness (QED) is 0.481. The molecule has 0 bridgehead atoms. The Morgan fingerprint density at radius 1 is 1.40 bits per heavy atom. The summed E-state index contributed by atoms with van der Waals surface area (Å²) in [5.41, 5.74) is 0.243. The molecule has 1 fully saturated rings. The maximum absolute atomic E-state index is 11.3. The predicted octanol–water partition coefficient (Wildman–Crippen LogP) is 1.73. The molecule has 2 rings (SSSR count). The van der Waals surface area contributed by atoms with Crippen LogP contribution in [-0.2, 0) is 0 Å². The first-order valence-corrected chi connectivity index (χ1v) is 6.79. The second-order valence-electron chi connectivity index (χ2n) is 5.42. The third-order valence-electron chi connectivity index (χ3n) is 3.73. The van der Waals surface area contributed by atoms with E-state index in [0.29, 0.717) is 30.0 Å². The molecule has 1 aromatic heterocycles. The molecule has 0 amide bonds. The fraction of sp³-hybridized carbons (Fsp3) is 0.667. The van der Waals surface area contributed by atoms with Crippen molar-refractivity contribution in [2.45, 2.75) is 19.9 Å². The van der Waals surface area contributed by atoms with E-state index < -0.39 is 4.92 Å². The highest BCUT2D eigenvalue weighted by atomic mass is 35.5. The highest BCUT2D eigenvalue weighted by molar-refractivity contribution is 6.28. The van der Waals surface area contributed by atoms with Gasteiger partial charge in [-0.1, -0.05) is 6.92 Å². The van der Waals surface area contributed by atoms with Gasteiger partial charge in [0.25, 0.3) is 0 Å². The van der Waals surface area contributed by atoms with Gasteiger partial charge in [-0.25, -0.2) is 4.98 Å². The molecule has 2 heterocycles. The third kappa shape index (κ3) is 2.69. The summed E-state index contributed by atoms with van der Waals surface area (Å²) in [7, 11) is 4.02. The Bertz CT molecular complexity index is 537. The zero-order valence-electron chi connectivity index (χ0n) is 12.0. The van der Waals surface area contributed by atoms with Gasteiger partial charge in [-0.15, -0.1) is 0 Å². The maximum Gasteiger partial charge on any atom is 0.332 e. The Morgan fingerprint density at radius 3 is 2.55 bits per heavy atom. The molecule has 2 unspecified atom stereocenters. The van der Waals surface area contributed by atoms with Crippen molar-refractivity contribution in [3.63, 3.8) is 0 Å². The van der Waals surface area contributed by atoms with Crippen molar-refractivity contribution in [2.75, 3.05) is 32.1 Å². The van der Waals surface area contributed by atoms with Crippen LogP contribution >= 0.6 is 11.6 Å². The van der Waals surface area contributed by atoms with Gasteiger partial charge in [0.1, 0.15) is 5.69 Å². The molecule has 1 aliphatic rings. The summed E-state index contributed by atoms with van der Waals surface area (Å²) < 4.78 is 0. The Morgan fingerprint density at radius 2 is 2.05 bits per heavy atom. The highest BCUT2D eigenvalue weighted by Gasteiger charge is 2.36. The lowest BCUT2D eigenvalue weighted by molar-refractivity contribution is -0.385. The largest absolute Gasteiger partial charge is 0.349 e. The zero-order chi connectivity index (χ0) is 15.0. The Balaban J connectivity index is 2.41. The minimum absolute atomic E-state index is 0.0454. The topological polar surface area (TPSA) is 75.4 Å². The average molecular weight is 300 g/mol. The Hall–Kier alpha value is -1.47. The van der Waals surface area contributed by atoms with E-state index in [1.165, 1.54) is 0 Å². The van der Waals surface area contributed by atoms with Crippen LogP contribution in [0.3, 0.4) is 0 Å². The molecule has 2 atom stereocenters. The number of hydrogen-bond donors (Lipinski definition) is 0. The minimum Gasteiger partial charge on any atom is -0.349 e. The van der Waals surface area contributed by atoms with Gasteiger partial charge >= 0.3 is 5.69 Å². The predicted molar refractivity (Wildman–Crippen MR) is 77.3 cm³/mol. The molecule has 7 nitrogen and oxygen atoms in total. The summed E-state index contributed by atoms with van der Waals surface area (Å²) in [6.45, 7) is 5.13. The molecular formula is C12H18ClN5O2. The number of likely N-dealkylation sites (N-methyl/N-ethyl adjacent to an activating group) is 1. The fourth-order valence-corrected chi connectivity index (χ4v) is 2.95. The van der Waals surface area contributed by atoms with Crippen LogP contribution in [-0.4, -0.2) is 53.0 Å². The lowest BCUT2D eigenvalue weighted by atomic mass is 10.1. The summed E-state index contributed by atoms with van der Waals surface area (Å²) in [5.74, 6) is 0.724. The van der Waals surface area contributed by atoms with Crippen molar-refractivity contribution >= 4 is 23.1 Å². The third-order valence-corrected chi connectivity index (χ3v) is 3.90. The fourth-order valence-electron chi connectivity index (χ4n) is 2.75. The van der Waals surface area contributed by atoms with E-state index in [4.69, 9.17) is 11.6 Å². The molecule has 0 saturated carbocycles. The van der Waals surface area contributed by atoms with E-state index in [1.807, 2.05) is 19.0 Å². The first-order chi connectivity index (χ1) is 9.31. The second-order valence-corrected chi connectivity index (χ2v) is 5.76. The van der Waals surface area contributed by atoms with Gasteiger partial charge in [0.15, 0.2) is 0 Å². The SMILES string of the molecule is Cc1nc(Cl)nc(N2CC(C)C(N(C)C)C2)c1[N+](=O)[O-]. The van der Waals surface area contributed by atoms with Crippen LogP contribution in [0.15, 0.2) is 0 Å². The van der Waals surface area contributed by atoms with Crippen LogP contribution in [0.2, 0.25) is 5.28 Å². The van der Waals surface area contributed by atoms with Crippen molar-refractivity contribution in [1.29, 1.82) is 0 Å². The normalized spacial score (nSPS) is 22.6. The second kappa shape index (κ2) is 5.49. The molecule has 110 valence electrons. The summed E-state index contributed by atoms with van der Waals surface area (Å²) >= 11 is 5.86. The van der Waals surface area contributed by atoms with Gasteiger partial charge in [-0.05, 0) is 38.5 Å². The number of rotatable bonds is 3. The maximum atomic E-state index is 11.3. The van der Waals surface area contributed by atoms with E-state index in [0.717, 1.165) is 6.54 Å². The molecule has 0 aromatic carbocycles. The van der Waals surface area contributed by atoms with Gasteiger partial charge in [-0.3, -0.25) is 10.1 Å². The number of halogens is 1. The summed E-state index contributed by atoms with van der Waals surface area (Å²) in [5, 5.41) is 11.3. The molecule has 1 aromatic rings. The summed E-state index contributed by atoms with van der Waals surface area (Å²) in [6, 6.07) is 0.337. The zero-order valence-corrected chi connectivity index (χ0v) is 12.8.